The van der Waals surface area contributed by atoms with E-state index in [2.05, 4.69) is 5.32 Å². The van der Waals surface area contributed by atoms with Crippen LogP contribution in [-0.2, 0) is 14.8 Å². The number of sulfonamides is 1. The van der Waals surface area contributed by atoms with Gasteiger partial charge in [0.05, 0.1) is 17.9 Å². The molecule has 2 heterocycles. The predicted molar refractivity (Wildman–Crippen MR) is 106 cm³/mol. The summed E-state index contributed by atoms with van der Waals surface area (Å²) in [6.07, 6.45) is -0.0201. The molecule has 0 saturated carbocycles. The molecular weight excluding hydrogens is 401 g/mol. The Morgan fingerprint density at radius 3 is 2.41 bits per heavy atom. The van der Waals surface area contributed by atoms with Crippen LogP contribution in [-0.4, -0.2) is 58.0 Å². The van der Waals surface area contributed by atoms with Crippen molar-refractivity contribution >= 4 is 27.3 Å². The highest BCUT2D eigenvalue weighted by molar-refractivity contribution is 7.88. The molecule has 0 radical (unpaired) electrons. The number of morpholine rings is 1. The Kier molecular flexibility index (Phi) is 5.97. The van der Waals surface area contributed by atoms with Crippen molar-refractivity contribution < 1.29 is 26.8 Å². The number of benzene rings is 1. The Balaban J connectivity index is 1.73. The molecule has 0 bridgehead atoms. The molecule has 1 aromatic heterocycles. The second-order valence-corrected chi connectivity index (χ2v) is 9.27. The number of anilines is 2. The van der Waals surface area contributed by atoms with Crippen molar-refractivity contribution in [3.05, 3.63) is 41.9 Å². The highest BCUT2D eigenvalue weighted by atomic mass is 32.2. The lowest BCUT2D eigenvalue weighted by Gasteiger charge is -2.37. The van der Waals surface area contributed by atoms with Crippen LogP contribution in [0.1, 0.15) is 24.4 Å². The van der Waals surface area contributed by atoms with E-state index >= 15 is 0 Å². The van der Waals surface area contributed by atoms with E-state index in [1.165, 1.54) is 32.3 Å². The van der Waals surface area contributed by atoms with Crippen LogP contribution >= 0.6 is 0 Å². The maximum absolute atomic E-state index is 14.6. The molecular formula is C19H24FN3O5S. The van der Waals surface area contributed by atoms with Crippen molar-refractivity contribution in [1.29, 1.82) is 0 Å². The zero-order chi connectivity index (χ0) is 21.3. The third-order valence-electron chi connectivity index (χ3n) is 4.51. The van der Waals surface area contributed by atoms with Gasteiger partial charge in [-0.2, -0.15) is 0 Å². The average molecular weight is 425 g/mol. The van der Waals surface area contributed by atoms with Gasteiger partial charge in [-0.3, -0.25) is 4.79 Å². The van der Waals surface area contributed by atoms with Gasteiger partial charge in [0.2, 0.25) is 5.09 Å². The number of nitrogens with one attached hydrogen (secondary N) is 1. The topological polar surface area (TPSA) is 92.1 Å². The predicted octanol–water partition coefficient (Wildman–Crippen LogP) is 2.53. The normalized spacial score (nSPS) is 20.1. The summed E-state index contributed by atoms with van der Waals surface area (Å²) in [5, 5.41) is 2.17. The van der Waals surface area contributed by atoms with Gasteiger partial charge in [-0.1, -0.05) is 0 Å². The first-order valence-electron chi connectivity index (χ1n) is 9.11. The summed E-state index contributed by atoms with van der Waals surface area (Å²) in [6.45, 7) is 5.01. The van der Waals surface area contributed by atoms with E-state index < -0.39 is 21.7 Å². The van der Waals surface area contributed by atoms with Crippen LogP contribution in [0.25, 0.3) is 0 Å². The minimum atomic E-state index is -3.79. The van der Waals surface area contributed by atoms with Crippen molar-refractivity contribution in [3.63, 3.8) is 0 Å². The molecule has 1 aliphatic rings. The minimum Gasteiger partial charge on any atom is -0.438 e. The zero-order valence-electron chi connectivity index (χ0n) is 16.7. The number of carbonyl (C=O) groups excluding carboxylic acids is 1. The van der Waals surface area contributed by atoms with Crippen LogP contribution in [0, 0.1) is 5.82 Å². The van der Waals surface area contributed by atoms with Crippen LogP contribution < -0.4 is 10.2 Å². The molecule has 0 aliphatic carbocycles. The smallest absolute Gasteiger partial charge is 0.291 e. The molecule has 1 aliphatic heterocycles. The highest BCUT2D eigenvalue weighted by Crippen LogP contribution is 2.26. The van der Waals surface area contributed by atoms with E-state index in [0.717, 1.165) is 4.31 Å². The lowest BCUT2D eigenvalue weighted by molar-refractivity contribution is -0.00539. The maximum Gasteiger partial charge on any atom is 0.291 e. The molecule has 1 amide bonds. The van der Waals surface area contributed by atoms with E-state index in [1.54, 1.807) is 12.1 Å². The first-order valence-corrected chi connectivity index (χ1v) is 10.6. The van der Waals surface area contributed by atoms with Crippen molar-refractivity contribution in [2.24, 2.45) is 0 Å². The number of halogens is 1. The minimum absolute atomic E-state index is 0.0101. The largest absolute Gasteiger partial charge is 0.438 e. The van der Waals surface area contributed by atoms with Crippen molar-refractivity contribution in [2.45, 2.75) is 31.1 Å². The monoisotopic (exact) mass is 425 g/mol. The van der Waals surface area contributed by atoms with Gasteiger partial charge in [0, 0.05) is 32.9 Å². The molecule has 29 heavy (non-hydrogen) atoms. The van der Waals surface area contributed by atoms with Crippen LogP contribution in [0.5, 0.6) is 0 Å². The molecule has 1 saturated heterocycles. The molecule has 1 N–H and O–H groups in total. The maximum atomic E-state index is 14.6. The standard InChI is InChI=1S/C19H24FN3O5S/c1-12-10-23(11-13(2)27-12)16-6-5-14(9-15(16)20)21-19(24)17-7-8-18(28-17)29(25,26)22(3)4/h5-9,12-13H,10-11H2,1-4H3,(H,21,24)/t12-,13-/m0/s1. The van der Waals surface area contributed by atoms with Gasteiger partial charge < -0.3 is 19.4 Å². The van der Waals surface area contributed by atoms with Gasteiger partial charge in [0.15, 0.2) is 5.76 Å². The van der Waals surface area contributed by atoms with Gasteiger partial charge in [-0.05, 0) is 44.2 Å². The molecule has 3 rings (SSSR count). The van der Waals surface area contributed by atoms with E-state index in [1.807, 2.05) is 18.7 Å². The van der Waals surface area contributed by atoms with Gasteiger partial charge in [-0.25, -0.2) is 17.1 Å². The van der Waals surface area contributed by atoms with Gasteiger partial charge >= 0.3 is 0 Å². The average Bonchev–Trinajstić information content (AvgIpc) is 3.11. The van der Waals surface area contributed by atoms with Crippen molar-refractivity contribution in [1.82, 2.24) is 4.31 Å². The molecule has 2 atom stereocenters. The highest BCUT2D eigenvalue weighted by Gasteiger charge is 2.25. The molecule has 10 heteroatoms. The fraction of sp³-hybridized carbons (Fsp3) is 0.421. The van der Waals surface area contributed by atoms with Crippen molar-refractivity contribution in [3.8, 4) is 0 Å². The Morgan fingerprint density at radius 1 is 1.17 bits per heavy atom. The second-order valence-electron chi connectivity index (χ2n) is 7.19. The fourth-order valence-corrected chi connectivity index (χ4v) is 3.96. The number of hydrogen-bond donors (Lipinski definition) is 1. The van der Waals surface area contributed by atoms with E-state index in [-0.39, 0.29) is 28.7 Å². The van der Waals surface area contributed by atoms with Gasteiger partial charge in [-0.15, -0.1) is 0 Å². The molecule has 158 valence electrons. The van der Waals surface area contributed by atoms with E-state index in [9.17, 15) is 17.6 Å². The van der Waals surface area contributed by atoms with Crippen LogP contribution in [0.3, 0.4) is 0 Å². The third kappa shape index (κ3) is 4.60. The second kappa shape index (κ2) is 8.13. The molecule has 1 fully saturated rings. The fourth-order valence-electron chi connectivity index (χ4n) is 3.17. The summed E-state index contributed by atoms with van der Waals surface area (Å²) in [6, 6.07) is 6.86. The SMILES string of the molecule is C[C@H]1CN(c2ccc(NC(=O)c3ccc(S(=O)(=O)N(C)C)o3)cc2F)C[C@H](C)O1. The summed E-state index contributed by atoms with van der Waals surface area (Å²) in [5.41, 5.74) is 0.668. The van der Waals surface area contributed by atoms with Crippen LogP contribution in [0.15, 0.2) is 39.8 Å². The number of hydrogen-bond acceptors (Lipinski definition) is 6. The van der Waals surface area contributed by atoms with Gasteiger partial charge in [0.25, 0.3) is 15.9 Å². The number of ether oxygens (including phenoxy) is 1. The molecule has 0 spiro atoms. The number of amides is 1. The number of furan rings is 1. The summed E-state index contributed by atoms with van der Waals surface area (Å²) < 4.78 is 50.5. The summed E-state index contributed by atoms with van der Waals surface area (Å²) in [7, 11) is -1.07. The molecule has 2 aromatic rings. The Labute approximate surface area is 169 Å². The zero-order valence-corrected chi connectivity index (χ0v) is 17.5. The van der Waals surface area contributed by atoms with E-state index in [4.69, 9.17) is 9.15 Å². The van der Waals surface area contributed by atoms with Crippen LogP contribution in [0.4, 0.5) is 15.8 Å². The summed E-state index contributed by atoms with van der Waals surface area (Å²) >= 11 is 0. The summed E-state index contributed by atoms with van der Waals surface area (Å²) in [4.78, 5) is 14.3. The lowest BCUT2D eigenvalue weighted by Crippen LogP contribution is -2.45. The Morgan fingerprint density at radius 2 is 1.83 bits per heavy atom. The van der Waals surface area contributed by atoms with Gasteiger partial charge in [0.1, 0.15) is 5.82 Å². The summed E-state index contributed by atoms with van der Waals surface area (Å²) in [5.74, 6) is -1.34. The number of rotatable bonds is 5. The lowest BCUT2D eigenvalue weighted by atomic mass is 10.2. The molecule has 0 unspecified atom stereocenters. The Bertz CT molecular complexity index is 995. The van der Waals surface area contributed by atoms with Crippen LogP contribution in [0.2, 0.25) is 0 Å². The molecule has 8 nitrogen and oxygen atoms in total. The molecule has 1 aromatic carbocycles. The van der Waals surface area contributed by atoms with Crippen molar-refractivity contribution in [2.75, 3.05) is 37.4 Å². The third-order valence-corrected chi connectivity index (χ3v) is 6.20. The first kappa shape index (κ1) is 21.3. The Hall–Kier alpha value is -2.43. The number of carbonyl (C=O) groups is 1. The first-order chi connectivity index (χ1) is 13.6. The quantitative estimate of drug-likeness (QED) is 0.792. The van der Waals surface area contributed by atoms with E-state index in [0.29, 0.717) is 18.8 Å². The number of nitrogens with zero attached hydrogens (tertiary/aromatic N) is 2.